The van der Waals surface area contributed by atoms with Crippen LogP contribution in [0.4, 0.5) is 0 Å². The van der Waals surface area contributed by atoms with Crippen molar-refractivity contribution in [3.05, 3.63) is 0 Å². The molecule has 3 unspecified atom stereocenters. The van der Waals surface area contributed by atoms with Crippen molar-refractivity contribution in [2.45, 2.75) is 69.2 Å². The maximum atomic E-state index is 13.7. The smallest absolute Gasteiger partial charge is 0.208 e. The lowest BCUT2D eigenvalue weighted by Gasteiger charge is -2.74. The highest BCUT2D eigenvalue weighted by Crippen LogP contribution is 2.78. The van der Waals surface area contributed by atoms with Crippen LogP contribution < -0.4 is 0 Å². The van der Waals surface area contributed by atoms with Crippen molar-refractivity contribution in [2.24, 2.45) is 34.0 Å². The van der Waals surface area contributed by atoms with E-state index in [1.807, 2.05) is 0 Å². The van der Waals surface area contributed by atoms with E-state index in [0.29, 0.717) is 19.3 Å². The molecule has 7 rings (SSSR count). The molecule has 10 atom stereocenters. The van der Waals surface area contributed by atoms with E-state index in [4.69, 9.17) is 9.47 Å². The highest BCUT2D eigenvalue weighted by molar-refractivity contribution is 6.00. The number of epoxide rings is 1. The van der Waals surface area contributed by atoms with E-state index in [1.54, 1.807) is 0 Å². The standard InChI is InChI=1S/C20H28O7/c1-16(2)6-5-11(21)17-7-27-20(25,14(23)12(16)17)19-10(17)4-3-9(13(19)22)18(8-26-18)15(19)24/h9-14,21-23,25H,3-8H2,1-2H3/t9?,10?,11-,12?,13+,14-,17+,18+,19+,20-/m0/s1. The minimum absolute atomic E-state index is 0.0980. The quantitative estimate of drug-likeness (QED) is 0.422. The Labute approximate surface area is 157 Å². The Bertz CT molecular complexity index is 747. The lowest BCUT2D eigenvalue weighted by Crippen LogP contribution is -2.85. The minimum atomic E-state index is -2.15. The van der Waals surface area contributed by atoms with Gasteiger partial charge in [-0.3, -0.25) is 4.79 Å². The van der Waals surface area contributed by atoms with Gasteiger partial charge in [-0.15, -0.1) is 0 Å². The maximum Gasteiger partial charge on any atom is 0.208 e. The van der Waals surface area contributed by atoms with E-state index in [0.717, 1.165) is 6.42 Å². The topological polar surface area (TPSA) is 120 Å². The predicted octanol–water partition coefficient (Wildman–Crippen LogP) is -0.412. The number of ether oxygens (including phenoxy) is 2. The average Bonchev–Trinajstić information content (AvgIpc) is 3.40. The minimum Gasteiger partial charge on any atom is -0.392 e. The highest BCUT2D eigenvalue weighted by atomic mass is 16.6. The highest BCUT2D eigenvalue weighted by Gasteiger charge is 2.91. The summed E-state index contributed by atoms with van der Waals surface area (Å²) in [6.45, 7) is 4.45. The number of aliphatic hydroxyl groups excluding tert-OH is 3. The normalized spacial score (nSPS) is 65.2. The zero-order valence-electron chi connectivity index (χ0n) is 15.7. The van der Waals surface area contributed by atoms with Crippen LogP contribution in [0.15, 0.2) is 0 Å². The first-order valence-electron chi connectivity index (χ1n) is 10.2. The molecule has 7 heteroatoms. The Hall–Kier alpha value is -0.570. The van der Waals surface area contributed by atoms with Gasteiger partial charge >= 0.3 is 0 Å². The van der Waals surface area contributed by atoms with Gasteiger partial charge in [0.2, 0.25) is 5.79 Å². The number of hydrogen-bond donors (Lipinski definition) is 4. The van der Waals surface area contributed by atoms with Gasteiger partial charge in [0.05, 0.1) is 25.4 Å². The Morgan fingerprint density at radius 3 is 2.37 bits per heavy atom. The van der Waals surface area contributed by atoms with Crippen LogP contribution in [-0.2, 0) is 14.3 Å². The number of carbonyl (C=O) groups is 1. The zero-order valence-corrected chi connectivity index (χ0v) is 15.7. The van der Waals surface area contributed by atoms with Crippen LogP contribution in [0.2, 0.25) is 0 Å². The molecule has 7 aliphatic rings. The molecule has 3 heterocycles. The van der Waals surface area contributed by atoms with E-state index in [2.05, 4.69) is 13.8 Å². The fourth-order valence-corrected chi connectivity index (χ4v) is 8.53. The van der Waals surface area contributed by atoms with Crippen molar-refractivity contribution >= 4 is 5.78 Å². The van der Waals surface area contributed by atoms with Gasteiger partial charge in [-0.05, 0) is 37.0 Å². The molecule has 7 fully saturated rings. The zero-order chi connectivity index (χ0) is 19.2. The molecule has 27 heavy (non-hydrogen) atoms. The Morgan fingerprint density at radius 2 is 1.70 bits per heavy atom. The van der Waals surface area contributed by atoms with E-state index in [9.17, 15) is 25.2 Å². The number of Topliss-reactive ketones (excluding diaryl/α,β-unsaturated/α-hetero) is 1. The molecule has 0 aromatic carbocycles. The molecule has 0 aromatic rings. The monoisotopic (exact) mass is 380 g/mol. The van der Waals surface area contributed by atoms with Crippen LogP contribution in [-0.4, -0.2) is 69.1 Å². The van der Waals surface area contributed by atoms with Crippen LogP contribution in [0.5, 0.6) is 0 Å². The lowest BCUT2D eigenvalue weighted by atomic mass is 9.35. The molecule has 3 spiro atoms. The van der Waals surface area contributed by atoms with Crippen LogP contribution in [0, 0.1) is 34.0 Å². The third-order valence-electron chi connectivity index (χ3n) is 9.58. The van der Waals surface area contributed by atoms with Gasteiger partial charge in [0, 0.05) is 17.3 Å². The molecule has 3 aliphatic heterocycles. The third kappa shape index (κ3) is 1.41. The van der Waals surface area contributed by atoms with Gasteiger partial charge in [-0.25, -0.2) is 0 Å². The summed E-state index contributed by atoms with van der Waals surface area (Å²) in [6, 6.07) is 0. The summed E-state index contributed by atoms with van der Waals surface area (Å²) in [5.41, 5.74) is -3.86. The van der Waals surface area contributed by atoms with E-state index >= 15 is 0 Å². The van der Waals surface area contributed by atoms with Crippen molar-refractivity contribution in [3.63, 3.8) is 0 Å². The van der Waals surface area contributed by atoms with Gasteiger partial charge in [0.15, 0.2) is 11.4 Å². The summed E-state index contributed by atoms with van der Waals surface area (Å²) in [5, 5.41) is 45.6. The Kier molecular flexibility index (Phi) is 2.85. The van der Waals surface area contributed by atoms with Gasteiger partial charge in [-0.1, -0.05) is 13.8 Å². The first kappa shape index (κ1) is 17.3. The first-order valence-corrected chi connectivity index (χ1v) is 10.2. The number of aliphatic hydroxyl groups is 4. The van der Waals surface area contributed by atoms with Crippen LogP contribution in [0.1, 0.15) is 39.5 Å². The molecular formula is C20H28O7. The van der Waals surface area contributed by atoms with Gasteiger partial charge in [-0.2, -0.15) is 0 Å². The average molecular weight is 380 g/mol. The lowest BCUT2D eigenvalue weighted by molar-refractivity contribution is -0.458. The SMILES string of the molecule is CC1(C)CC[C@H](O)[C@]23CO[C@@](O)([C@@H](O)C12)[C@]12C(=O)[C@@]4(CO4)C(CCC31)[C@H]2O. The van der Waals surface area contributed by atoms with Crippen molar-refractivity contribution in [1.82, 2.24) is 0 Å². The largest absolute Gasteiger partial charge is 0.392 e. The fourth-order valence-electron chi connectivity index (χ4n) is 8.53. The summed E-state index contributed by atoms with van der Waals surface area (Å²) in [6.07, 6.45) is -0.724. The van der Waals surface area contributed by atoms with E-state index in [1.165, 1.54) is 0 Å². The fraction of sp³-hybridized carbons (Fsp3) is 0.950. The second-order valence-corrected chi connectivity index (χ2v) is 10.6. The summed E-state index contributed by atoms with van der Waals surface area (Å²) in [5.74, 6) is -3.71. The number of carbonyl (C=O) groups excluding carboxylic acids is 1. The Morgan fingerprint density at radius 1 is 1.00 bits per heavy atom. The maximum absolute atomic E-state index is 13.7. The number of ketones is 1. The molecule has 0 amide bonds. The molecule has 7 nitrogen and oxygen atoms in total. The summed E-state index contributed by atoms with van der Waals surface area (Å²) >= 11 is 0. The molecule has 4 aliphatic carbocycles. The van der Waals surface area contributed by atoms with Crippen LogP contribution in [0.3, 0.4) is 0 Å². The first-order chi connectivity index (χ1) is 12.6. The predicted molar refractivity (Wildman–Crippen MR) is 90.2 cm³/mol. The second-order valence-electron chi connectivity index (χ2n) is 10.6. The van der Waals surface area contributed by atoms with E-state index < -0.39 is 52.4 Å². The molecule has 4 bridgehead atoms. The molecule has 3 saturated heterocycles. The second kappa shape index (κ2) is 4.45. The van der Waals surface area contributed by atoms with Gasteiger partial charge in [0.1, 0.15) is 11.5 Å². The molecule has 4 N–H and O–H groups in total. The summed E-state index contributed by atoms with van der Waals surface area (Å²) in [4.78, 5) is 13.7. The van der Waals surface area contributed by atoms with Crippen molar-refractivity contribution in [1.29, 1.82) is 0 Å². The molecule has 0 aromatic heterocycles. The number of fused-ring (bicyclic) bond motifs is 3. The van der Waals surface area contributed by atoms with Crippen molar-refractivity contribution in [3.8, 4) is 0 Å². The number of hydrogen-bond acceptors (Lipinski definition) is 7. The third-order valence-corrected chi connectivity index (χ3v) is 9.58. The molecule has 4 saturated carbocycles. The molecular weight excluding hydrogens is 352 g/mol. The van der Waals surface area contributed by atoms with Crippen LogP contribution >= 0.6 is 0 Å². The van der Waals surface area contributed by atoms with Crippen LogP contribution in [0.25, 0.3) is 0 Å². The van der Waals surface area contributed by atoms with E-state index in [-0.39, 0.29) is 30.3 Å². The van der Waals surface area contributed by atoms with Gasteiger partial charge < -0.3 is 29.9 Å². The van der Waals surface area contributed by atoms with Crippen molar-refractivity contribution < 1.29 is 34.7 Å². The molecule has 0 radical (unpaired) electrons. The molecule has 150 valence electrons. The summed E-state index contributed by atoms with van der Waals surface area (Å²) in [7, 11) is 0. The summed E-state index contributed by atoms with van der Waals surface area (Å²) < 4.78 is 11.4. The Balaban J connectivity index is 1.64. The number of rotatable bonds is 0. The van der Waals surface area contributed by atoms with Crippen molar-refractivity contribution in [2.75, 3.05) is 13.2 Å². The van der Waals surface area contributed by atoms with Gasteiger partial charge in [0.25, 0.3) is 0 Å².